The molecular weight excluding hydrogens is 202 g/mol. The minimum atomic E-state index is -1.02. The molecule has 0 aromatic heterocycles. The summed E-state index contributed by atoms with van der Waals surface area (Å²) in [6.45, 7) is 4.10. The summed E-state index contributed by atoms with van der Waals surface area (Å²) in [6.07, 6.45) is 1.27. The Balaban J connectivity index is 2.86. The minimum absolute atomic E-state index is 0.108. The van der Waals surface area contributed by atoms with Crippen LogP contribution in [0.5, 0.6) is 0 Å². The maximum atomic E-state index is 11.4. The summed E-state index contributed by atoms with van der Waals surface area (Å²) < 4.78 is 0. The molecule has 4 nitrogen and oxygen atoms in total. The number of thioether (sulfide) groups is 1. The van der Waals surface area contributed by atoms with Crippen LogP contribution in [-0.2, 0) is 4.79 Å². The van der Waals surface area contributed by atoms with Crippen LogP contribution in [0.1, 0.15) is 26.7 Å². The van der Waals surface area contributed by atoms with E-state index < -0.39 is 11.5 Å². The molecule has 1 fully saturated rings. The molecule has 80 valence electrons. The Morgan fingerprint density at radius 1 is 1.71 bits per heavy atom. The van der Waals surface area contributed by atoms with E-state index in [9.17, 15) is 9.59 Å². The SMILES string of the molecule is CCCC(C)(C(=O)O)N1CCSC1=O. The Morgan fingerprint density at radius 2 is 2.36 bits per heavy atom. The van der Waals surface area contributed by atoms with Gasteiger partial charge in [-0.1, -0.05) is 25.1 Å². The van der Waals surface area contributed by atoms with Crippen molar-refractivity contribution in [3.8, 4) is 0 Å². The molecule has 0 spiro atoms. The average Bonchev–Trinajstić information content (AvgIpc) is 2.51. The second kappa shape index (κ2) is 4.21. The molecule has 1 saturated heterocycles. The van der Waals surface area contributed by atoms with E-state index in [1.54, 1.807) is 6.92 Å². The Kier molecular flexibility index (Phi) is 3.42. The average molecular weight is 217 g/mol. The number of hydrogen-bond acceptors (Lipinski definition) is 3. The van der Waals surface area contributed by atoms with Gasteiger partial charge in [0.25, 0.3) is 5.24 Å². The monoisotopic (exact) mass is 217 g/mol. The van der Waals surface area contributed by atoms with Crippen molar-refractivity contribution in [2.24, 2.45) is 0 Å². The van der Waals surface area contributed by atoms with Gasteiger partial charge in [0.1, 0.15) is 5.54 Å². The predicted molar refractivity (Wildman–Crippen MR) is 55.5 cm³/mol. The van der Waals surface area contributed by atoms with Gasteiger partial charge >= 0.3 is 5.97 Å². The van der Waals surface area contributed by atoms with Crippen LogP contribution in [0.2, 0.25) is 0 Å². The third-order valence-electron chi connectivity index (χ3n) is 2.55. The summed E-state index contributed by atoms with van der Waals surface area (Å²) in [6, 6.07) is 0. The van der Waals surface area contributed by atoms with E-state index in [0.717, 1.165) is 6.42 Å². The molecule has 1 N–H and O–H groups in total. The zero-order valence-corrected chi connectivity index (χ0v) is 9.26. The van der Waals surface area contributed by atoms with Crippen LogP contribution in [0.4, 0.5) is 4.79 Å². The maximum Gasteiger partial charge on any atom is 0.329 e. The summed E-state index contributed by atoms with van der Waals surface area (Å²) in [5.74, 6) is -0.207. The number of rotatable bonds is 4. The molecule has 1 aliphatic rings. The van der Waals surface area contributed by atoms with Crippen LogP contribution in [0, 0.1) is 0 Å². The standard InChI is InChI=1S/C9H15NO3S/c1-3-4-9(2,7(11)12)10-5-6-14-8(10)13/h3-6H2,1-2H3,(H,11,12). The van der Waals surface area contributed by atoms with Crippen molar-refractivity contribution in [3.63, 3.8) is 0 Å². The molecule has 1 unspecified atom stereocenters. The van der Waals surface area contributed by atoms with Gasteiger partial charge < -0.3 is 10.0 Å². The van der Waals surface area contributed by atoms with E-state index in [1.165, 1.54) is 16.7 Å². The molecule has 0 aromatic rings. The van der Waals surface area contributed by atoms with Crippen LogP contribution >= 0.6 is 11.8 Å². The van der Waals surface area contributed by atoms with Gasteiger partial charge in [0.2, 0.25) is 0 Å². The van der Waals surface area contributed by atoms with Crippen molar-refractivity contribution in [1.29, 1.82) is 0 Å². The van der Waals surface area contributed by atoms with Gasteiger partial charge in [-0.25, -0.2) is 4.79 Å². The number of carbonyl (C=O) groups excluding carboxylic acids is 1. The highest BCUT2D eigenvalue weighted by Gasteiger charge is 2.43. The first-order valence-electron chi connectivity index (χ1n) is 4.70. The number of nitrogens with zero attached hydrogens (tertiary/aromatic N) is 1. The molecule has 0 saturated carbocycles. The topological polar surface area (TPSA) is 57.6 Å². The lowest BCUT2D eigenvalue weighted by atomic mass is 9.94. The van der Waals surface area contributed by atoms with E-state index >= 15 is 0 Å². The normalized spacial score (nSPS) is 21.0. The van der Waals surface area contributed by atoms with Gasteiger partial charge in [-0.2, -0.15) is 0 Å². The smallest absolute Gasteiger partial charge is 0.329 e. The Bertz CT molecular complexity index is 256. The quantitative estimate of drug-likeness (QED) is 0.780. The summed E-state index contributed by atoms with van der Waals surface area (Å²) in [7, 11) is 0. The first kappa shape index (κ1) is 11.4. The van der Waals surface area contributed by atoms with Gasteiger partial charge in [-0.05, 0) is 13.3 Å². The highest BCUT2D eigenvalue weighted by Crippen LogP contribution is 2.30. The Morgan fingerprint density at radius 3 is 2.71 bits per heavy atom. The van der Waals surface area contributed by atoms with Gasteiger partial charge in [-0.15, -0.1) is 0 Å². The number of aliphatic carboxylic acids is 1. The molecule has 14 heavy (non-hydrogen) atoms. The molecule has 0 bridgehead atoms. The summed E-state index contributed by atoms with van der Waals surface area (Å²) >= 11 is 1.20. The zero-order valence-electron chi connectivity index (χ0n) is 8.45. The fraction of sp³-hybridized carbons (Fsp3) is 0.778. The molecule has 5 heteroatoms. The molecule has 1 aliphatic heterocycles. The third kappa shape index (κ3) is 1.87. The lowest BCUT2D eigenvalue weighted by Crippen LogP contribution is -2.52. The van der Waals surface area contributed by atoms with Crippen LogP contribution in [0.15, 0.2) is 0 Å². The second-order valence-corrected chi connectivity index (χ2v) is 4.64. The molecule has 1 atom stereocenters. The van der Waals surface area contributed by atoms with Crippen molar-refractivity contribution in [3.05, 3.63) is 0 Å². The van der Waals surface area contributed by atoms with Crippen LogP contribution in [0.25, 0.3) is 0 Å². The number of carbonyl (C=O) groups is 2. The highest BCUT2D eigenvalue weighted by atomic mass is 32.2. The molecule has 1 rings (SSSR count). The lowest BCUT2D eigenvalue weighted by molar-refractivity contribution is -0.148. The number of carboxylic acids is 1. The first-order chi connectivity index (χ1) is 6.52. The fourth-order valence-corrected chi connectivity index (χ4v) is 2.58. The highest BCUT2D eigenvalue weighted by molar-refractivity contribution is 8.13. The number of carboxylic acid groups (broad SMARTS) is 1. The van der Waals surface area contributed by atoms with Crippen LogP contribution in [-0.4, -0.2) is 39.1 Å². The molecule has 0 aliphatic carbocycles. The zero-order chi connectivity index (χ0) is 10.8. The third-order valence-corrected chi connectivity index (χ3v) is 3.41. The van der Waals surface area contributed by atoms with E-state index in [2.05, 4.69) is 0 Å². The number of hydrogen-bond donors (Lipinski definition) is 1. The predicted octanol–water partition coefficient (Wildman–Crippen LogP) is 1.80. The Labute approximate surface area is 87.7 Å². The minimum Gasteiger partial charge on any atom is -0.480 e. The lowest BCUT2D eigenvalue weighted by Gasteiger charge is -2.34. The second-order valence-electron chi connectivity index (χ2n) is 3.60. The van der Waals surface area contributed by atoms with Crippen molar-refractivity contribution in [2.75, 3.05) is 12.3 Å². The largest absolute Gasteiger partial charge is 0.480 e. The van der Waals surface area contributed by atoms with Crippen molar-refractivity contribution < 1.29 is 14.7 Å². The van der Waals surface area contributed by atoms with Crippen LogP contribution < -0.4 is 0 Å². The summed E-state index contributed by atoms with van der Waals surface area (Å²) in [5.41, 5.74) is -1.02. The van der Waals surface area contributed by atoms with Gasteiger partial charge in [-0.3, -0.25) is 4.79 Å². The van der Waals surface area contributed by atoms with E-state index in [1.807, 2.05) is 6.92 Å². The molecule has 0 aromatic carbocycles. The summed E-state index contributed by atoms with van der Waals surface area (Å²) in [5, 5.41) is 9.03. The maximum absolute atomic E-state index is 11.4. The van der Waals surface area contributed by atoms with Gasteiger partial charge in [0, 0.05) is 12.3 Å². The van der Waals surface area contributed by atoms with Gasteiger partial charge in [0.15, 0.2) is 0 Å². The van der Waals surface area contributed by atoms with Crippen molar-refractivity contribution in [1.82, 2.24) is 4.90 Å². The fourth-order valence-electron chi connectivity index (χ4n) is 1.69. The summed E-state index contributed by atoms with van der Waals surface area (Å²) in [4.78, 5) is 24.0. The molecule has 1 heterocycles. The molecule has 0 radical (unpaired) electrons. The first-order valence-corrected chi connectivity index (χ1v) is 5.68. The van der Waals surface area contributed by atoms with Gasteiger partial charge in [0.05, 0.1) is 0 Å². The van der Waals surface area contributed by atoms with Crippen molar-refractivity contribution in [2.45, 2.75) is 32.2 Å². The van der Waals surface area contributed by atoms with Crippen LogP contribution in [0.3, 0.4) is 0 Å². The van der Waals surface area contributed by atoms with E-state index in [0.29, 0.717) is 18.7 Å². The van der Waals surface area contributed by atoms with E-state index in [-0.39, 0.29) is 5.24 Å². The molecule has 1 amide bonds. The van der Waals surface area contributed by atoms with E-state index in [4.69, 9.17) is 5.11 Å². The van der Waals surface area contributed by atoms with Crippen molar-refractivity contribution >= 4 is 23.0 Å². The Hall–Kier alpha value is -0.710. The molecular formula is C9H15NO3S. The number of amides is 1.